The van der Waals surface area contributed by atoms with Gasteiger partial charge in [-0.1, -0.05) is 136 Å². The molecule has 4 heteroatoms. The second-order valence-electron chi connectivity index (χ2n) is 13.3. The Balaban J connectivity index is 1.51. The molecule has 0 unspecified atom stereocenters. The van der Waals surface area contributed by atoms with Crippen molar-refractivity contribution < 1.29 is 0 Å². The van der Waals surface area contributed by atoms with Gasteiger partial charge in [0.15, 0.2) is 0 Å². The van der Waals surface area contributed by atoms with Gasteiger partial charge in [0.25, 0.3) is 0 Å². The van der Waals surface area contributed by atoms with Crippen molar-refractivity contribution in [1.29, 1.82) is 0 Å². The summed E-state index contributed by atoms with van der Waals surface area (Å²) in [5.41, 5.74) is 9.89. The average Bonchev–Trinajstić information content (AvgIpc) is 3.66. The number of thiophene rings is 1. The molecule has 0 fully saturated rings. The van der Waals surface area contributed by atoms with Crippen molar-refractivity contribution in [3.05, 3.63) is 132 Å². The first-order valence-corrected chi connectivity index (χ1v) is 19.9. The molecule has 0 saturated heterocycles. The van der Waals surface area contributed by atoms with Crippen molar-refractivity contribution >= 4 is 50.9 Å². The Morgan fingerprint density at radius 2 is 1.27 bits per heavy atom. The fourth-order valence-electron chi connectivity index (χ4n) is 6.66. The molecule has 0 aliphatic carbocycles. The van der Waals surface area contributed by atoms with E-state index in [-0.39, 0.29) is 0 Å². The summed E-state index contributed by atoms with van der Waals surface area (Å²) in [6.45, 7) is 14.2. The van der Waals surface area contributed by atoms with Gasteiger partial charge in [0.2, 0.25) is 0 Å². The maximum atomic E-state index is 5.39. The minimum absolute atomic E-state index is 0.332. The van der Waals surface area contributed by atoms with Gasteiger partial charge < -0.3 is 0 Å². The predicted molar refractivity (Wildman–Crippen MR) is 199 cm³/mol. The molecule has 2 aromatic heterocycles. The molecule has 0 aliphatic heterocycles. The van der Waals surface area contributed by atoms with Crippen molar-refractivity contribution in [2.24, 2.45) is 0 Å². The van der Waals surface area contributed by atoms with Crippen LogP contribution in [-0.2, 0) is 0 Å². The quantitative estimate of drug-likeness (QED) is 0.162. The minimum Gasteiger partial charge on any atom is -0.292 e. The Kier molecular flexibility index (Phi) is 7.59. The molecular weight excluding hydrogens is 581 g/mol. The summed E-state index contributed by atoms with van der Waals surface area (Å²) in [6.07, 6.45) is 0. The zero-order valence-corrected chi connectivity index (χ0v) is 28.8. The molecule has 7 rings (SSSR count). The third-order valence-electron chi connectivity index (χ3n) is 9.34. The lowest BCUT2D eigenvalue weighted by atomic mass is 9.88. The Morgan fingerprint density at radius 1 is 0.644 bits per heavy atom. The van der Waals surface area contributed by atoms with E-state index in [0.29, 0.717) is 11.8 Å². The van der Waals surface area contributed by atoms with E-state index >= 15 is 0 Å². The van der Waals surface area contributed by atoms with E-state index < -0.39 is 8.07 Å². The highest BCUT2D eigenvalue weighted by Crippen LogP contribution is 2.42. The number of benzene rings is 5. The van der Waals surface area contributed by atoms with Gasteiger partial charge in [-0.25, -0.2) is 4.98 Å². The molecule has 0 saturated carbocycles. The molecule has 2 heterocycles. The Labute approximate surface area is 272 Å². The third kappa shape index (κ3) is 5.16. The van der Waals surface area contributed by atoms with Crippen molar-refractivity contribution in [2.45, 2.75) is 52.6 Å². The summed E-state index contributed by atoms with van der Waals surface area (Å²) in [4.78, 5) is 5.39. The van der Waals surface area contributed by atoms with Crippen LogP contribution in [0, 0.1) is 0 Å². The fourth-order valence-corrected chi connectivity index (χ4v) is 9.95. The van der Waals surface area contributed by atoms with Crippen molar-refractivity contribution in [2.75, 3.05) is 0 Å². The maximum absolute atomic E-state index is 5.39. The van der Waals surface area contributed by atoms with E-state index in [0.717, 1.165) is 16.9 Å². The van der Waals surface area contributed by atoms with Crippen molar-refractivity contribution in [1.82, 2.24) is 9.55 Å². The van der Waals surface area contributed by atoms with Gasteiger partial charge in [0, 0.05) is 21.0 Å². The smallest absolute Gasteiger partial charge is 0.147 e. The third-order valence-corrected chi connectivity index (χ3v) is 13.8. The standard InChI is InChI=1S/C41H40N2SSi/c1-27(2)33-23-30(29-15-9-7-10-16-29)24-34(28(3)4)40(33)43-38-20-14-13-19-37(38)42-41(43)36-26-44-39-22-21-32(25-35(36)39)45(5,6)31-17-11-8-12-18-31/h7-28H,1-6H3. The second kappa shape index (κ2) is 11.6. The van der Waals surface area contributed by atoms with Crippen LogP contribution in [-0.4, -0.2) is 17.6 Å². The lowest BCUT2D eigenvalue weighted by Crippen LogP contribution is -2.52. The molecule has 2 nitrogen and oxygen atoms in total. The number of hydrogen-bond acceptors (Lipinski definition) is 2. The number of hydrogen-bond donors (Lipinski definition) is 0. The van der Waals surface area contributed by atoms with Crippen LogP contribution in [0.1, 0.15) is 50.7 Å². The molecule has 0 spiro atoms. The number of fused-ring (bicyclic) bond motifs is 2. The summed E-state index contributed by atoms with van der Waals surface area (Å²) in [5, 5.41) is 6.52. The van der Waals surface area contributed by atoms with Crippen LogP contribution in [0.15, 0.2) is 121 Å². The van der Waals surface area contributed by atoms with E-state index in [9.17, 15) is 0 Å². The van der Waals surface area contributed by atoms with E-state index in [4.69, 9.17) is 4.98 Å². The number of aromatic nitrogens is 2. The highest BCUT2D eigenvalue weighted by atomic mass is 32.1. The Bertz CT molecular complexity index is 2110. The molecule has 0 aliphatic rings. The molecular formula is C41H40N2SSi. The molecule has 0 amide bonds. The summed E-state index contributed by atoms with van der Waals surface area (Å²) in [7, 11) is -1.89. The zero-order valence-electron chi connectivity index (χ0n) is 27.0. The highest BCUT2D eigenvalue weighted by molar-refractivity contribution is 7.17. The van der Waals surface area contributed by atoms with Crippen LogP contribution >= 0.6 is 11.3 Å². The van der Waals surface area contributed by atoms with E-state index in [1.54, 1.807) is 0 Å². The van der Waals surface area contributed by atoms with Gasteiger partial charge in [-0.15, -0.1) is 11.3 Å². The molecule has 0 atom stereocenters. The Hall–Kier alpha value is -4.25. The summed E-state index contributed by atoms with van der Waals surface area (Å²) in [5.74, 6) is 1.69. The topological polar surface area (TPSA) is 17.8 Å². The lowest BCUT2D eigenvalue weighted by molar-refractivity contribution is 0.812. The predicted octanol–water partition coefficient (Wildman–Crippen LogP) is 10.6. The van der Waals surface area contributed by atoms with Gasteiger partial charge >= 0.3 is 0 Å². The van der Waals surface area contributed by atoms with Crippen molar-refractivity contribution in [3.63, 3.8) is 0 Å². The summed E-state index contributed by atoms with van der Waals surface area (Å²) < 4.78 is 3.78. The van der Waals surface area contributed by atoms with Crippen LogP contribution in [0.5, 0.6) is 0 Å². The average molecular weight is 621 g/mol. The first kappa shape index (κ1) is 29.5. The normalized spacial score (nSPS) is 12.2. The fraction of sp³-hybridized carbons (Fsp3) is 0.195. The second-order valence-corrected chi connectivity index (χ2v) is 18.6. The van der Waals surface area contributed by atoms with Crippen molar-refractivity contribution in [3.8, 4) is 28.2 Å². The maximum Gasteiger partial charge on any atom is 0.147 e. The largest absolute Gasteiger partial charge is 0.292 e. The van der Waals surface area contributed by atoms with Gasteiger partial charge in [0.05, 0.1) is 16.7 Å². The van der Waals surface area contributed by atoms with Crippen LogP contribution in [0.4, 0.5) is 0 Å². The number of para-hydroxylation sites is 2. The van der Waals surface area contributed by atoms with E-state index in [1.807, 2.05) is 11.3 Å². The SMILES string of the molecule is CC(C)c1cc(-c2ccccc2)cc(C(C)C)c1-n1c(-c2csc3ccc([Si](C)(C)c4ccccc4)cc23)nc2ccccc21. The number of rotatable bonds is 7. The lowest BCUT2D eigenvalue weighted by Gasteiger charge is -2.25. The highest BCUT2D eigenvalue weighted by Gasteiger charge is 2.28. The van der Waals surface area contributed by atoms with Gasteiger partial charge in [-0.05, 0) is 64.4 Å². The monoisotopic (exact) mass is 620 g/mol. The summed E-state index contributed by atoms with van der Waals surface area (Å²) >= 11 is 1.82. The zero-order chi connectivity index (χ0) is 31.3. The number of imidazole rings is 1. The molecule has 7 aromatic rings. The van der Waals surface area contributed by atoms with E-state index in [2.05, 4.69) is 166 Å². The molecule has 224 valence electrons. The molecule has 0 radical (unpaired) electrons. The first-order valence-electron chi connectivity index (χ1n) is 16.0. The van der Waals surface area contributed by atoms with Gasteiger partial charge in [-0.3, -0.25) is 4.57 Å². The van der Waals surface area contributed by atoms with Crippen LogP contribution in [0.3, 0.4) is 0 Å². The molecule has 0 bridgehead atoms. The van der Waals surface area contributed by atoms with Gasteiger partial charge in [0.1, 0.15) is 13.9 Å². The van der Waals surface area contributed by atoms with E-state index in [1.165, 1.54) is 54.0 Å². The Morgan fingerprint density at radius 3 is 1.93 bits per heavy atom. The minimum atomic E-state index is -1.89. The summed E-state index contributed by atoms with van der Waals surface area (Å²) in [6, 6.07) is 42.5. The van der Waals surface area contributed by atoms with Crippen LogP contribution < -0.4 is 10.4 Å². The van der Waals surface area contributed by atoms with Crippen LogP contribution in [0.25, 0.3) is 49.3 Å². The molecule has 5 aromatic carbocycles. The van der Waals surface area contributed by atoms with Gasteiger partial charge in [-0.2, -0.15) is 0 Å². The molecule has 0 N–H and O–H groups in total. The first-order chi connectivity index (χ1) is 21.7. The van der Waals surface area contributed by atoms with Crippen LogP contribution in [0.2, 0.25) is 13.1 Å². The number of nitrogens with zero attached hydrogens (tertiary/aromatic N) is 2. The molecule has 45 heavy (non-hydrogen) atoms.